The lowest BCUT2D eigenvalue weighted by atomic mass is 9.86. The van der Waals surface area contributed by atoms with Gasteiger partial charge in [0.05, 0.1) is 0 Å². The normalized spacial score (nSPS) is 12.8. The largest absolute Gasteiger partial charge is 0.0827 e. The number of rotatable bonds is 4. The van der Waals surface area contributed by atoms with Gasteiger partial charge in [0.1, 0.15) is 0 Å². The van der Waals surface area contributed by atoms with Gasteiger partial charge in [-0.1, -0.05) is 60.6 Å². The Labute approximate surface area is 108 Å². The summed E-state index contributed by atoms with van der Waals surface area (Å²) in [5.41, 5.74) is 0.397. The van der Waals surface area contributed by atoms with E-state index < -0.39 is 0 Å². The van der Waals surface area contributed by atoms with Crippen LogP contribution in [0.25, 0.3) is 0 Å². The second-order valence-corrected chi connectivity index (χ2v) is 8.89. The van der Waals surface area contributed by atoms with Gasteiger partial charge in [-0.15, -0.1) is 0 Å². The monoisotopic (exact) mass is 254 g/mol. The molecule has 90 valence electrons. The summed E-state index contributed by atoms with van der Waals surface area (Å²) in [6, 6.07) is 10.6. The molecule has 0 radical (unpaired) electrons. The summed E-state index contributed by atoms with van der Waals surface area (Å²) in [5.74, 6) is 0. The minimum atomic E-state index is 0.318. The van der Waals surface area contributed by atoms with E-state index in [2.05, 4.69) is 65.0 Å². The topological polar surface area (TPSA) is 0 Å². The molecule has 0 saturated carbocycles. The van der Waals surface area contributed by atoms with Crippen LogP contribution in [0.2, 0.25) is 0 Å². The lowest BCUT2D eigenvalue weighted by molar-refractivity contribution is 0.340. The molecule has 0 unspecified atom stereocenters. The summed E-state index contributed by atoms with van der Waals surface area (Å²) in [6.45, 7) is 11.6. The van der Waals surface area contributed by atoms with Crippen LogP contribution in [0.4, 0.5) is 0 Å². The Morgan fingerprint density at radius 2 is 1.50 bits per heavy atom. The summed E-state index contributed by atoms with van der Waals surface area (Å²) < 4.78 is 0.318. The van der Waals surface area contributed by atoms with E-state index in [0.717, 1.165) is 0 Å². The van der Waals surface area contributed by atoms with Crippen LogP contribution in [-0.2, 0) is 0 Å². The predicted molar refractivity (Wildman–Crippen MR) is 78.0 cm³/mol. The van der Waals surface area contributed by atoms with E-state index >= 15 is 0 Å². The second kappa shape index (κ2) is 5.50. The molecule has 1 aromatic rings. The fourth-order valence-electron chi connectivity index (χ4n) is 1.94. The Bertz CT molecular complexity index is 309. The minimum absolute atomic E-state index is 0.318. The highest BCUT2D eigenvalue weighted by Crippen LogP contribution is 2.45. The summed E-state index contributed by atoms with van der Waals surface area (Å²) >= 11 is 0. The molecule has 0 bridgehead atoms. The zero-order valence-corrected chi connectivity index (χ0v) is 12.5. The molecular weight excluding hydrogens is 232 g/mol. The van der Waals surface area contributed by atoms with Crippen molar-refractivity contribution in [3.05, 3.63) is 30.3 Å². The maximum atomic E-state index is 2.33. The van der Waals surface area contributed by atoms with Crippen LogP contribution in [0.15, 0.2) is 35.2 Å². The smallest absolute Gasteiger partial charge is 0.0215 e. The fourth-order valence-corrected chi connectivity index (χ4v) is 4.50. The van der Waals surface area contributed by atoms with Gasteiger partial charge in [-0.25, -0.2) is 0 Å². The zero-order valence-electron chi connectivity index (χ0n) is 10.9. The van der Waals surface area contributed by atoms with Gasteiger partial charge in [-0.3, -0.25) is 0 Å². The molecule has 16 heavy (non-hydrogen) atoms. The van der Waals surface area contributed by atoms with Gasteiger partial charge in [0.2, 0.25) is 0 Å². The molecule has 0 amide bonds. The van der Waals surface area contributed by atoms with Gasteiger partial charge in [0.15, 0.2) is 0 Å². The molecule has 0 saturated heterocycles. The summed E-state index contributed by atoms with van der Waals surface area (Å²) in [4.78, 5) is 1.34. The minimum Gasteiger partial charge on any atom is -0.0827 e. The van der Waals surface area contributed by atoms with Crippen LogP contribution in [0.1, 0.15) is 41.0 Å². The maximum Gasteiger partial charge on any atom is 0.0215 e. The van der Waals surface area contributed by atoms with Crippen molar-refractivity contribution in [2.45, 2.75) is 50.7 Å². The lowest BCUT2D eigenvalue weighted by Crippen LogP contribution is -2.22. The van der Waals surface area contributed by atoms with Gasteiger partial charge in [-0.05, 0) is 37.8 Å². The molecule has 0 heterocycles. The lowest BCUT2D eigenvalue weighted by Gasteiger charge is -2.31. The van der Waals surface area contributed by atoms with E-state index in [9.17, 15) is 0 Å². The molecule has 0 atom stereocenters. The van der Waals surface area contributed by atoms with E-state index in [-0.39, 0.29) is 0 Å². The Hall–Kier alpha value is -0.0800. The third-order valence-corrected chi connectivity index (χ3v) is 5.39. The fraction of sp³-hybridized carbons (Fsp3) is 0.571. The average Bonchev–Trinajstić information content (AvgIpc) is 2.13. The van der Waals surface area contributed by atoms with Gasteiger partial charge < -0.3 is 0 Å². The molecular formula is C14H22S2. The van der Waals surface area contributed by atoms with Crippen LogP contribution in [0.5, 0.6) is 0 Å². The highest BCUT2D eigenvalue weighted by molar-refractivity contribution is 8.77. The van der Waals surface area contributed by atoms with Gasteiger partial charge in [0.25, 0.3) is 0 Å². The molecule has 0 nitrogen and oxygen atoms in total. The van der Waals surface area contributed by atoms with Gasteiger partial charge >= 0.3 is 0 Å². The Kier molecular flexibility index (Phi) is 4.81. The van der Waals surface area contributed by atoms with Crippen LogP contribution in [0, 0.1) is 5.41 Å². The molecule has 0 aliphatic heterocycles. The van der Waals surface area contributed by atoms with Crippen molar-refractivity contribution in [3.8, 4) is 0 Å². The van der Waals surface area contributed by atoms with Crippen molar-refractivity contribution in [2.24, 2.45) is 5.41 Å². The number of hydrogen-bond donors (Lipinski definition) is 0. The first-order chi connectivity index (χ1) is 7.29. The van der Waals surface area contributed by atoms with E-state index in [0.29, 0.717) is 10.2 Å². The highest BCUT2D eigenvalue weighted by atomic mass is 33.1. The zero-order chi connectivity index (χ0) is 12.2. The molecule has 0 spiro atoms. The third-order valence-electron chi connectivity index (χ3n) is 2.06. The molecule has 0 aliphatic carbocycles. The highest BCUT2D eigenvalue weighted by Gasteiger charge is 2.26. The maximum absolute atomic E-state index is 2.33. The van der Waals surface area contributed by atoms with Crippen molar-refractivity contribution in [1.29, 1.82) is 0 Å². The molecule has 0 aromatic heterocycles. The van der Waals surface area contributed by atoms with Crippen molar-refractivity contribution in [1.82, 2.24) is 0 Å². The summed E-state index contributed by atoms with van der Waals surface area (Å²) in [6.07, 6.45) is 1.23. The molecule has 0 aliphatic rings. The number of benzene rings is 1. The summed E-state index contributed by atoms with van der Waals surface area (Å²) in [7, 11) is 3.86. The van der Waals surface area contributed by atoms with Gasteiger partial charge in [-0.2, -0.15) is 0 Å². The van der Waals surface area contributed by atoms with Crippen molar-refractivity contribution >= 4 is 21.6 Å². The first kappa shape index (κ1) is 14.0. The van der Waals surface area contributed by atoms with Crippen LogP contribution in [-0.4, -0.2) is 4.75 Å². The average molecular weight is 254 g/mol. The second-order valence-electron chi connectivity index (χ2n) is 5.98. The van der Waals surface area contributed by atoms with Crippen molar-refractivity contribution in [2.75, 3.05) is 0 Å². The summed E-state index contributed by atoms with van der Waals surface area (Å²) in [5, 5.41) is 0. The van der Waals surface area contributed by atoms with Crippen LogP contribution in [0.3, 0.4) is 0 Å². The van der Waals surface area contributed by atoms with E-state index in [1.54, 1.807) is 0 Å². The Balaban J connectivity index is 2.48. The molecule has 1 rings (SSSR count). The molecule has 0 N–H and O–H groups in total. The molecule has 0 fully saturated rings. The van der Waals surface area contributed by atoms with E-state index in [1.807, 2.05) is 21.6 Å². The first-order valence-electron chi connectivity index (χ1n) is 5.69. The number of hydrogen-bond acceptors (Lipinski definition) is 2. The van der Waals surface area contributed by atoms with Crippen molar-refractivity contribution in [3.63, 3.8) is 0 Å². The quantitative estimate of drug-likeness (QED) is 0.638. The van der Waals surface area contributed by atoms with Crippen LogP contribution < -0.4 is 0 Å². The molecule has 1 aromatic carbocycles. The first-order valence-corrected chi connectivity index (χ1v) is 7.84. The Morgan fingerprint density at radius 1 is 0.938 bits per heavy atom. The SMILES string of the molecule is CC(C)(C)CC(C)(C)SSc1ccccc1. The van der Waals surface area contributed by atoms with Crippen LogP contribution >= 0.6 is 21.6 Å². The van der Waals surface area contributed by atoms with Crippen molar-refractivity contribution < 1.29 is 0 Å². The predicted octanol–water partition coefficient (Wildman–Crippen LogP) is 5.64. The van der Waals surface area contributed by atoms with Gasteiger partial charge in [0, 0.05) is 9.64 Å². The van der Waals surface area contributed by atoms with E-state index in [4.69, 9.17) is 0 Å². The standard InChI is InChI=1S/C14H22S2/c1-13(2,3)11-14(4,5)16-15-12-9-7-6-8-10-12/h6-10H,11H2,1-5H3. The third kappa shape index (κ3) is 5.86. The van der Waals surface area contributed by atoms with E-state index in [1.165, 1.54) is 11.3 Å². The Morgan fingerprint density at radius 3 is 2.00 bits per heavy atom. The molecule has 2 heteroatoms.